The Bertz CT molecular complexity index is 241. The monoisotopic (exact) mass is 257 g/mol. The molecule has 1 aliphatic rings. The fourth-order valence-electron chi connectivity index (χ4n) is 2.84. The molecule has 0 aliphatic heterocycles. The van der Waals surface area contributed by atoms with Gasteiger partial charge in [0.2, 0.25) is 0 Å². The Labute approximate surface area is 113 Å². The maximum atomic E-state index is 10.1. The molecule has 1 fully saturated rings. The number of ether oxygens (including phenoxy) is 1. The summed E-state index contributed by atoms with van der Waals surface area (Å²) in [4.78, 5) is 2.29. The van der Waals surface area contributed by atoms with Crippen LogP contribution in [0, 0.1) is 11.3 Å². The summed E-state index contributed by atoms with van der Waals surface area (Å²) >= 11 is 0. The molecule has 18 heavy (non-hydrogen) atoms. The molecule has 0 saturated heterocycles. The number of hydrogen-bond acceptors (Lipinski definition) is 3. The Balaban J connectivity index is 2.31. The van der Waals surface area contributed by atoms with Crippen LogP contribution in [0.25, 0.3) is 0 Å². The summed E-state index contributed by atoms with van der Waals surface area (Å²) in [6, 6.07) is 0. The Morgan fingerprint density at radius 2 is 2.06 bits per heavy atom. The molecule has 1 aliphatic carbocycles. The smallest absolute Gasteiger partial charge is 0.0596 e. The number of aliphatic hydroxyl groups excluding tert-OH is 1. The van der Waals surface area contributed by atoms with E-state index < -0.39 is 0 Å². The highest BCUT2D eigenvalue weighted by molar-refractivity contribution is 4.86. The summed E-state index contributed by atoms with van der Waals surface area (Å²) < 4.78 is 5.57. The van der Waals surface area contributed by atoms with Crippen LogP contribution in [0.15, 0.2) is 0 Å². The highest BCUT2D eigenvalue weighted by atomic mass is 16.5. The van der Waals surface area contributed by atoms with Crippen molar-refractivity contribution in [2.45, 2.75) is 59.2 Å². The lowest BCUT2D eigenvalue weighted by Gasteiger charge is -2.40. The van der Waals surface area contributed by atoms with E-state index in [4.69, 9.17) is 4.74 Å². The van der Waals surface area contributed by atoms with Gasteiger partial charge in [-0.1, -0.05) is 13.8 Å². The second-order valence-electron chi connectivity index (χ2n) is 6.92. The van der Waals surface area contributed by atoms with Crippen molar-refractivity contribution >= 4 is 0 Å². The lowest BCUT2D eigenvalue weighted by molar-refractivity contribution is 0.000817. The fraction of sp³-hybridized carbons (Fsp3) is 1.00. The normalized spacial score (nSPS) is 28.0. The molecule has 0 aromatic heterocycles. The Hall–Kier alpha value is -0.120. The molecule has 3 nitrogen and oxygen atoms in total. The Morgan fingerprint density at radius 1 is 1.39 bits per heavy atom. The van der Waals surface area contributed by atoms with Crippen LogP contribution >= 0.6 is 0 Å². The third-order valence-corrected chi connectivity index (χ3v) is 3.95. The summed E-state index contributed by atoms with van der Waals surface area (Å²) in [5.41, 5.74) is 0.388. The molecule has 3 heteroatoms. The zero-order valence-corrected chi connectivity index (χ0v) is 12.8. The zero-order chi connectivity index (χ0) is 13.8. The maximum Gasteiger partial charge on any atom is 0.0596 e. The SMILES string of the molecule is CC(C)OCCN(C)CC1CC(C)(C)CCC1O. The van der Waals surface area contributed by atoms with Crippen LogP contribution in [-0.2, 0) is 4.74 Å². The van der Waals surface area contributed by atoms with Crippen LogP contribution in [0.3, 0.4) is 0 Å². The molecule has 0 bridgehead atoms. The van der Waals surface area contributed by atoms with Crippen molar-refractivity contribution in [2.24, 2.45) is 11.3 Å². The second kappa shape index (κ2) is 6.88. The highest BCUT2D eigenvalue weighted by Gasteiger charge is 2.34. The molecule has 0 spiro atoms. The van der Waals surface area contributed by atoms with Gasteiger partial charge in [-0.05, 0) is 51.5 Å². The van der Waals surface area contributed by atoms with Crippen molar-refractivity contribution < 1.29 is 9.84 Å². The third kappa shape index (κ3) is 5.68. The number of nitrogens with zero attached hydrogens (tertiary/aromatic N) is 1. The van der Waals surface area contributed by atoms with Crippen molar-refractivity contribution in [3.8, 4) is 0 Å². The molecule has 0 amide bonds. The molecule has 108 valence electrons. The van der Waals surface area contributed by atoms with Gasteiger partial charge in [-0.3, -0.25) is 0 Å². The molecule has 0 aromatic rings. The standard InChI is InChI=1S/C15H31NO2/c1-12(2)18-9-8-16(5)11-13-10-15(3,4)7-6-14(13)17/h12-14,17H,6-11H2,1-5H3. The van der Waals surface area contributed by atoms with Crippen LogP contribution < -0.4 is 0 Å². The number of likely N-dealkylation sites (N-methyl/N-ethyl adjacent to an activating group) is 1. The average molecular weight is 257 g/mol. The summed E-state index contributed by atoms with van der Waals surface area (Å²) in [5.74, 6) is 0.415. The van der Waals surface area contributed by atoms with Crippen molar-refractivity contribution in [2.75, 3.05) is 26.7 Å². The average Bonchev–Trinajstić information content (AvgIpc) is 2.22. The predicted molar refractivity (Wildman–Crippen MR) is 75.7 cm³/mol. The van der Waals surface area contributed by atoms with E-state index in [-0.39, 0.29) is 6.10 Å². The van der Waals surface area contributed by atoms with Gasteiger partial charge in [0, 0.05) is 13.1 Å². The summed E-state index contributed by atoms with van der Waals surface area (Å²) in [6.07, 6.45) is 3.41. The van der Waals surface area contributed by atoms with Crippen molar-refractivity contribution in [3.05, 3.63) is 0 Å². The van der Waals surface area contributed by atoms with Gasteiger partial charge in [0.05, 0.1) is 18.8 Å². The van der Waals surface area contributed by atoms with E-state index in [1.54, 1.807) is 0 Å². The van der Waals surface area contributed by atoms with Crippen LogP contribution in [0.2, 0.25) is 0 Å². The van der Waals surface area contributed by atoms with E-state index in [0.717, 1.165) is 39.0 Å². The van der Waals surface area contributed by atoms with Gasteiger partial charge in [-0.25, -0.2) is 0 Å². The van der Waals surface area contributed by atoms with Crippen LogP contribution in [-0.4, -0.2) is 49.0 Å². The summed E-state index contributed by atoms with van der Waals surface area (Å²) in [7, 11) is 2.12. The van der Waals surface area contributed by atoms with Gasteiger partial charge in [-0.15, -0.1) is 0 Å². The van der Waals surface area contributed by atoms with Gasteiger partial charge in [0.15, 0.2) is 0 Å². The zero-order valence-electron chi connectivity index (χ0n) is 12.8. The number of rotatable bonds is 6. The first-order chi connectivity index (χ1) is 8.30. The summed E-state index contributed by atoms with van der Waals surface area (Å²) in [5, 5.41) is 10.1. The molecular weight excluding hydrogens is 226 g/mol. The van der Waals surface area contributed by atoms with Crippen molar-refractivity contribution in [1.29, 1.82) is 0 Å². The van der Waals surface area contributed by atoms with E-state index in [0.29, 0.717) is 17.4 Å². The molecule has 1 rings (SSSR count). The number of aliphatic hydroxyl groups is 1. The van der Waals surface area contributed by atoms with Gasteiger partial charge in [-0.2, -0.15) is 0 Å². The predicted octanol–water partition coefficient (Wildman–Crippen LogP) is 2.53. The van der Waals surface area contributed by atoms with E-state index in [1.807, 2.05) is 0 Å². The van der Waals surface area contributed by atoms with E-state index in [2.05, 4.69) is 39.6 Å². The van der Waals surface area contributed by atoms with E-state index >= 15 is 0 Å². The highest BCUT2D eigenvalue weighted by Crippen LogP contribution is 2.38. The van der Waals surface area contributed by atoms with E-state index in [1.165, 1.54) is 0 Å². The van der Waals surface area contributed by atoms with Gasteiger partial charge < -0.3 is 14.7 Å². The second-order valence-corrected chi connectivity index (χ2v) is 6.92. The van der Waals surface area contributed by atoms with Crippen molar-refractivity contribution in [1.82, 2.24) is 4.90 Å². The maximum absolute atomic E-state index is 10.1. The van der Waals surface area contributed by atoms with E-state index in [9.17, 15) is 5.11 Å². The van der Waals surface area contributed by atoms with Crippen LogP contribution in [0.5, 0.6) is 0 Å². The molecule has 0 aromatic carbocycles. The van der Waals surface area contributed by atoms with Gasteiger partial charge in [0.1, 0.15) is 0 Å². The molecule has 1 saturated carbocycles. The molecular formula is C15H31NO2. The minimum Gasteiger partial charge on any atom is -0.393 e. The molecule has 1 N–H and O–H groups in total. The first-order valence-electron chi connectivity index (χ1n) is 7.28. The molecule has 2 atom stereocenters. The molecule has 0 radical (unpaired) electrons. The van der Waals surface area contributed by atoms with Crippen molar-refractivity contribution in [3.63, 3.8) is 0 Å². The van der Waals surface area contributed by atoms with Crippen LogP contribution in [0.1, 0.15) is 47.0 Å². The van der Waals surface area contributed by atoms with Crippen LogP contribution in [0.4, 0.5) is 0 Å². The Kier molecular flexibility index (Phi) is 6.09. The lowest BCUT2D eigenvalue weighted by Crippen LogP contribution is -2.40. The molecule has 0 heterocycles. The number of hydrogen-bond donors (Lipinski definition) is 1. The quantitative estimate of drug-likeness (QED) is 0.793. The minimum absolute atomic E-state index is 0.119. The fourth-order valence-corrected chi connectivity index (χ4v) is 2.84. The topological polar surface area (TPSA) is 32.7 Å². The largest absolute Gasteiger partial charge is 0.393 e. The molecule has 2 unspecified atom stereocenters. The first-order valence-corrected chi connectivity index (χ1v) is 7.28. The third-order valence-electron chi connectivity index (χ3n) is 3.95. The minimum atomic E-state index is -0.119. The Morgan fingerprint density at radius 3 is 2.67 bits per heavy atom. The van der Waals surface area contributed by atoms with Gasteiger partial charge >= 0.3 is 0 Å². The first kappa shape index (κ1) is 15.9. The van der Waals surface area contributed by atoms with Gasteiger partial charge in [0.25, 0.3) is 0 Å². The summed E-state index contributed by atoms with van der Waals surface area (Å²) in [6.45, 7) is 11.5. The lowest BCUT2D eigenvalue weighted by atomic mass is 9.71.